The second-order valence-corrected chi connectivity index (χ2v) is 6.60. The molecule has 8 heteroatoms. The van der Waals surface area contributed by atoms with Crippen LogP contribution >= 0.6 is 11.6 Å². The number of aromatic nitrogens is 2. The number of methoxy groups -OCH3 is 2. The van der Waals surface area contributed by atoms with Gasteiger partial charge in [-0.3, -0.25) is 4.79 Å². The summed E-state index contributed by atoms with van der Waals surface area (Å²) in [5.41, 5.74) is 2.10. The Kier molecular flexibility index (Phi) is 5.84. The lowest BCUT2D eigenvalue weighted by molar-refractivity contribution is 0.0773. The van der Waals surface area contributed by atoms with Gasteiger partial charge in [0.2, 0.25) is 11.8 Å². The zero-order chi connectivity index (χ0) is 20.3. The highest BCUT2D eigenvalue weighted by atomic mass is 35.5. The molecule has 0 bridgehead atoms. The van der Waals surface area contributed by atoms with Crippen LogP contribution in [0, 0.1) is 6.92 Å². The third-order valence-electron chi connectivity index (χ3n) is 4.24. The summed E-state index contributed by atoms with van der Waals surface area (Å²) in [6, 6.07) is 10.5. The van der Waals surface area contributed by atoms with Gasteiger partial charge in [0.05, 0.1) is 20.8 Å². The van der Waals surface area contributed by atoms with Crippen LogP contribution < -0.4 is 9.47 Å². The van der Waals surface area contributed by atoms with Crippen LogP contribution in [0.15, 0.2) is 40.8 Å². The minimum absolute atomic E-state index is 0.171. The first-order valence-corrected chi connectivity index (χ1v) is 8.87. The Labute approximate surface area is 167 Å². The zero-order valence-electron chi connectivity index (χ0n) is 16.0. The number of halogens is 1. The van der Waals surface area contributed by atoms with Crippen LogP contribution in [0.1, 0.15) is 21.8 Å². The molecule has 1 aromatic heterocycles. The maximum Gasteiger partial charge on any atom is 0.254 e. The standard InChI is InChI=1S/C20H20ClN3O4/c1-12-5-6-14(9-15(12)21)20(25)24(2)11-18-22-23-19(28-18)13-7-8-16(26-3)17(10-13)27-4/h5-10H,11H2,1-4H3. The van der Waals surface area contributed by atoms with E-state index in [9.17, 15) is 4.79 Å². The first-order valence-electron chi connectivity index (χ1n) is 8.49. The lowest BCUT2D eigenvalue weighted by atomic mass is 10.1. The van der Waals surface area contributed by atoms with E-state index in [2.05, 4.69) is 10.2 Å². The number of hydrogen-bond acceptors (Lipinski definition) is 6. The molecule has 0 spiro atoms. The molecule has 0 unspecified atom stereocenters. The Morgan fingerprint density at radius 2 is 1.86 bits per heavy atom. The number of nitrogens with zero attached hydrogens (tertiary/aromatic N) is 3. The normalized spacial score (nSPS) is 10.6. The third-order valence-corrected chi connectivity index (χ3v) is 4.64. The van der Waals surface area contributed by atoms with Crippen molar-refractivity contribution >= 4 is 17.5 Å². The zero-order valence-corrected chi connectivity index (χ0v) is 16.8. The average Bonchev–Trinajstić information content (AvgIpc) is 3.17. The number of rotatable bonds is 6. The lowest BCUT2D eigenvalue weighted by Crippen LogP contribution is -2.26. The molecule has 2 aromatic carbocycles. The van der Waals surface area contributed by atoms with Crippen LogP contribution in [-0.2, 0) is 6.54 Å². The monoisotopic (exact) mass is 401 g/mol. The van der Waals surface area contributed by atoms with Gasteiger partial charge in [0.1, 0.15) is 0 Å². The molecule has 146 valence electrons. The van der Waals surface area contributed by atoms with E-state index in [-0.39, 0.29) is 12.5 Å². The molecule has 0 atom stereocenters. The van der Waals surface area contributed by atoms with Crippen LogP contribution in [0.2, 0.25) is 5.02 Å². The number of benzene rings is 2. The van der Waals surface area contributed by atoms with Gasteiger partial charge in [-0.1, -0.05) is 17.7 Å². The van der Waals surface area contributed by atoms with E-state index in [4.69, 9.17) is 25.5 Å². The quantitative estimate of drug-likeness (QED) is 0.621. The molecule has 1 amide bonds. The van der Waals surface area contributed by atoms with Gasteiger partial charge in [0.15, 0.2) is 11.5 Å². The van der Waals surface area contributed by atoms with Gasteiger partial charge in [-0.15, -0.1) is 10.2 Å². The van der Waals surface area contributed by atoms with Crippen LogP contribution in [0.25, 0.3) is 11.5 Å². The molecule has 0 saturated carbocycles. The minimum atomic E-state index is -0.187. The molecule has 0 N–H and O–H groups in total. The van der Waals surface area contributed by atoms with Crippen molar-refractivity contribution in [1.29, 1.82) is 0 Å². The number of carbonyl (C=O) groups is 1. The van der Waals surface area contributed by atoms with Crippen molar-refractivity contribution in [3.8, 4) is 23.0 Å². The van der Waals surface area contributed by atoms with E-state index in [1.54, 1.807) is 51.6 Å². The largest absolute Gasteiger partial charge is 0.493 e. The topological polar surface area (TPSA) is 77.7 Å². The maximum atomic E-state index is 12.6. The van der Waals surface area contributed by atoms with Crippen molar-refractivity contribution in [2.75, 3.05) is 21.3 Å². The molecular weight excluding hydrogens is 382 g/mol. The highest BCUT2D eigenvalue weighted by Gasteiger charge is 2.17. The van der Waals surface area contributed by atoms with Crippen LogP contribution in [0.4, 0.5) is 0 Å². The van der Waals surface area contributed by atoms with Gasteiger partial charge >= 0.3 is 0 Å². The summed E-state index contributed by atoms with van der Waals surface area (Å²) in [5, 5.41) is 8.63. The smallest absolute Gasteiger partial charge is 0.254 e. The fourth-order valence-electron chi connectivity index (χ4n) is 2.62. The molecule has 0 aliphatic heterocycles. The van der Waals surface area contributed by atoms with Crippen molar-refractivity contribution < 1.29 is 18.7 Å². The van der Waals surface area contributed by atoms with Gasteiger partial charge in [-0.05, 0) is 42.8 Å². The second-order valence-electron chi connectivity index (χ2n) is 6.20. The number of carbonyl (C=O) groups excluding carboxylic acids is 1. The fourth-order valence-corrected chi connectivity index (χ4v) is 2.80. The van der Waals surface area contributed by atoms with Crippen molar-refractivity contribution in [3.63, 3.8) is 0 Å². The van der Waals surface area contributed by atoms with E-state index in [0.717, 1.165) is 5.56 Å². The summed E-state index contributed by atoms with van der Waals surface area (Å²) in [4.78, 5) is 14.1. The molecule has 0 aliphatic carbocycles. The van der Waals surface area contributed by atoms with Crippen LogP contribution in [-0.4, -0.2) is 42.3 Å². The molecule has 0 aliphatic rings. The minimum Gasteiger partial charge on any atom is -0.493 e. The Bertz CT molecular complexity index is 1000. The molecule has 3 rings (SSSR count). The molecule has 3 aromatic rings. The molecule has 28 heavy (non-hydrogen) atoms. The molecular formula is C20H20ClN3O4. The Balaban J connectivity index is 1.75. The molecule has 0 radical (unpaired) electrons. The number of amides is 1. The predicted molar refractivity (Wildman–Crippen MR) is 105 cm³/mol. The summed E-state index contributed by atoms with van der Waals surface area (Å²) in [6.45, 7) is 2.05. The van der Waals surface area contributed by atoms with Gasteiger partial charge in [-0.25, -0.2) is 0 Å². The van der Waals surface area contributed by atoms with E-state index in [1.165, 1.54) is 4.90 Å². The Hall–Kier alpha value is -3.06. The van der Waals surface area contributed by atoms with E-state index < -0.39 is 0 Å². The highest BCUT2D eigenvalue weighted by molar-refractivity contribution is 6.31. The number of hydrogen-bond donors (Lipinski definition) is 0. The van der Waals surface area contributed by atoms with Crippen molar-refractivity contribution in [3.05, 3.63) is 58.4 Å². The first-order chi connectivity index (χ1) is 13.4. The van der Waals surface area contributed by atoms with Crippen molar-refractivity contribution in [1.82, 2.24) is 15.1 Å². The summed E-state index contributed by atoms with van der Waals surface area (Å²) in [7, 11) is 4.78. The molecule has 0 fully saturated rings. The fraction of sp³-hybridized carbons (Fsp3) is 0.250. The number of aryl methyl sites for hydroxylation is 1. The summed E-state index contributed by atoms with van der Waals surface area (Å²) in [5.74, 6) is 1.62. The highest BCUT2D eigenvalue weighted by Crippen LogP contribution is 2.31. The SMILES string of the molecule is COc1ccc(-c2nnc(CN(C)C(=O)c3ccc(C)c(Cl)c3)o2)cc1OC. The van der Waals surface area contributed by atoms with Crippen LogP contribution in [0.5, 0.6) is 11.5 Å². The van der Waals surface area contributed by atoms with E-state index >= 15 is 0 Å². The Morgan fingerprint density at radius 1 is 1.11 bits per heavy atom. The Morgan fingerprint density at radius 3 is 2.54 bits per heavy atom. The first kappa shape index (κ1) is 19.7. The van der Waals surface area contributed by atoms with Gasteiger partial charge in [0, 0.05) is 23.2 Å². The van der Waals surface area contributed by atoms with E-state index in [1.807, 2.05) is 13.0 Å². The molecule has 0 saturated heterocycles. The number of ether oxygens (including phenoxy) is 2. The summed E-state index contributed by atoms with van der Waals surface area (Å²) >= 11 is 6.11. The average molecular weight is 402 g/mol. The lowest BCUT2D eigenvalue weighted by Gasteiger charge is -2.15. The van der Waals surface area contributed by atoms with Gasteiger partial charge in [0.25, 0.3) is 5.91 Å². The van der Waals surface area contributed by atoms with Crippen molar-refractivity contribution in [2.45, 2.75) is 13.5 Å². The third kappa shape index (κ3) is 4.09. The van der Waals surface area contributed by atoms with Crippen LogP contribution in [0.3, 0.4) is 0 Å². The van der Waals surface area contributed by atoms with Gasteiger partial charge < -0.3 is 18.8 Å². The second kappa shape index (κ2) is 8.31. The predicted octanol–water partition coefficient (Wildman–Crippen LogP) is 3.99. The summed E-state index contributed by atoms with van der Waals surface area (Å²) < 4.78 is 16.2. The molecule has 7 nitrogen and oxygen atoms in total. The van der Waals surface area contributed by atoms with Crippen molar-refractivity contribution in [2.24, 2.45) is 0 Å². The van der Waals surface area contributed by atoms with E-state index in [0.29, 0.717) is 39.4 Å². The molecule has 1 heterocycles. The van der Waals surface area contributed by atoms with Gasteiger partial charge in [-0.2, -0.15) is 0 Å². The maximum absolute atomic E-state index is 12.6. The summed E-state index contributed by atoms with van der Waals surface area (Å²) in [6.07, 6.45) is 0.